The van der Waals surface area contributed by atoms with Crippen molar-refractivity contribution in [2.45, 2.75) is 58.3 Å². The first-order valence-electron chi connectivity index (χ1n) is 7.91. The van der Waals surface area contributed by atoms with Gasteiger partial charge in [0.25, 0.3) is 0 Å². The summed E-state index contributed by atoms with van der Waals surface area (Å²) in [5.74, 6) is -0.616. The highest BCUT2D eigenvalue weighted by atomic mass is 35.5. The molecule has 0 atom stereocenters. The third-order valence-corrected chi connectivity index (χ3v) is 3.72. The Morgan fingerprint density at radius 1 is 1.23 bits per heavy atom. The first-order valence-corrected chi connectivity index (χ1v) is 8.29. The SMILES string of the molecule is CCCCCCCCCC(=O)NN=Cc1c(F)cccc1Cl. The molecule has 0 aromatic heterocycles. The van der Waals surface area contributed by atoms with Crippen molar-refractivity contribution >= 4 is 23.7 Å². The highest BCUT2D eigenvalue weighted by molar-refractivity contribution is 6.33. The fourth-order valence-electron chi connectivity index (χ4n) is 2.10. The van der Waals surface area contributed by atoms with Crippen LogP contribution in [0.2, 0.25) is 5.02 Å². The molecule has 0 aliphatic rings. The van der Waals surface area contributed by atoms with Crippen LogP contribution in [0, 0.1) is 5.82 Å². The lowest BCUT2D eigenvalue weighted by Crippen LogP contribution is -2.17. The van der Waals surface area contributed by atoms with Gasteiger partial charge >= 0.3 is 0 Å². The van der Waals surface area contributed by atoms with Crippen molar-refractivity contribution in [1.82, 2.24) is 5.43 Å². The van der Waals surface area contributed by atoms with E-state index in [1.54, 1.807) is 6.07 Å². The first-order chi connectivity index (χ1) is 10.6. The highest BCUT2D eigenvalue weighted by Crippen LogP contribution is 2.16. The zero-order valence-electron chi connectivity index (χ0n) is 13.1. The number of nitrogens with one attached hydrogen (secondary N) is 1. The van der Waals surface area contributed by atoms with Gasteiger partial charge in [0, 0.05) is 12.0 Å². The fraction of sp³-hybridized carbons (Fsp3) is 0.529. The molecule has 5 heteroatoms. The van der Waals surface area contributed by atoms with Gasteiger partial charge in [-0.05, 0) is 18.6 Å². The van der Waals surface area contributed by atoms with Gasteiger partial charge in [-0.3, -0.25) is 4.79 Å². The summed E-state index contributed by atoms with van der Waals surface area (Å²) in [5, 5.41) is 4.02. The molecular formula is C17H24ClFN2O. The Labute approximate surface area is 136 Å². The van der Waals surface area contributed by atoms with E-state index in [0.29, 0.717) is 6.42 Å². The van der Waals surface area contributed by atoms with Crippen LogP contribution >= 0.6 is 11.6 Å². The maximum Gasteiger partial charge on any atom is 0.240 e. The Balaban J connectivity index is 2.19. The second kappa shape index (κ2) is 11.2. The topological polar surface area (TPSA) is 41.5 Å². The van der Waals surface area contributed by atoms with E-state index in [4.69, 9.17) is 11.6 Å². The van der Waals surface area contributed by atoms with Crippen molar-refractivity contribution in [2.24, 2.45) is 5.10 Å². The lowest BCUT2D eigenvalue weighted by atomic mass is 10.1. The highest BCUT2D eigenvalue weighted by Gasteiger charge is 2.04. The van der Waals surface area contributed by atoms with Crippen LogP contribution in [-0.2, 0) is 4.79 Å². The van der Waals surface area contributed by atoms with Gasteiger partial charge in [0.05, 0.1) is 11.2 Å². The van der Waals surface area contributed by atoms with Crippen LogP contribution in [-0.4, -0.2) is 12.1 Å². The third kappa shape index (κ3) is 7.55. The summed E-state index contributed by atoms with van der Waals surface area (Å²) in [4.78, 5) is 11.6. The molecular weight excluding hydrogens is 303 g/mol. The molecule has 22 heavy (non-hydrogen) atoms. The molecule has 0 fully saturated rings. The second-order valence-corrected chi connectivity index (χ2v) is 5.71. The molecule has 0 saturated heterocycles. The normalized spacial score (nSPS) is 11.0. The number of amides is 1. The first kappa shape index (κ1) is 18.6. The molecule has 0 aliphatic heterocycles. The number of halogens is 2. The van der Waals surface area contributed by atoms with Gasteiger partial charge in [-0.1, -0.05) is 63.1 Å². The van der Waals surface area contributed by atoms with E-state index in [9.17, 15) is 9.18 Å². The maximum absolute atomic E-state index is 13.5. The molecule has 0 radical (unpaired) electrons. The van der Waals surface area contributed by atoms with Crippen LogP contribution in [0.3, 0.4) is 0 Å². The van der Waals surface area contributed by atoms with E-state index in [1.165, 1.54) is 50.5 Å². The molecule has 1 amide bonds. The Morgan fingerprint density at radius 2 is 1.91 bits per heavy atom. The average molecular weight is 327 g/mol. The standard InChI is InChI=1S/C17H24ClFN2O/c1-2-3-4-5-6-7-8-12-17(22)21-20-13-14-15(18)10-9-11-16(14)19/h9-11,13H,2-8,12H2,1H3,(H,21,22). The van der Waals surface area contributed by atoms with E-state index >= 15 is 0 Å². The number of rotatable bonds is 10. The molecule has 1 aromatic rings. The number of nitrogens with zero attached hydrogens (tertiary/aromatic N) is 1. The summed E-state index contributed by atoms with van der Waals surface area (Å²) >= 11 is 5.86. The predicted molar refractivity (Wildman–Crippen MR) is 89.8 cm³/mol. The lowest BCUT2D eigenvalue weighted by molar-refractivity contribution is -0.121. The van der Waals surface area contributed by atoms with E-state index in [0.717, 1.165) is 12.8 Å². The van der Waals surface area contributed by atoms with Crippen LogP contribution in [0.1, 0.15) is 63.9 Å². The van der Waals surface area contributed by atoms with Crippen LogP contribution in [0.4, 0.5) is 4.39 Å². The van der Waals surface area contributed by atoms with Crippen molar-refractivity contribution in [3.05, 3.63) is 34.6 Å². The number of hydrogen-bond donors (Lipinski definition) is 1. The third-order valence-electron chi connectivity index (χ3n) is 3.39. The van der Waals surface area contributed by atoms with Crippen molar-refractivity contribution in [3.63, 3.8) is 0 Å². The minimum absolute atomic E-state index is 0.155. The van der Waals surface area contributed by atoms with Gasteiger partial charge in [-0.15, -0.1) is 0 Å². The van der Waals surface area contributed by atoms with Gasteiger partial charge in [0.2, 0.25) is 5.91 Å². The molecule has 0 aliphatic carbocycles. The number of carbonyl (C=O) groups is 1. The van der Waals surface area contributed by atoms with Crippen molar-refractivity contribution < 1.29 is 9.18 Å². The van der Waals surface area contributed by atoms with Gasteiger partial charge in [0.1, 0.15) is 5.82 Å². The number of benzene rings is 1. The van der Waals surface area contributed by atoms with E-state index in [2.05, 4.69) is 17.5 Å². The largest absolute Gasteiger partial charge is 0.273 e. The summed E-state index contributed by atoms with van der Waals surface area (Å²) in [5.41, 5.74) is 2.58. The Bertz CT molecular complexity index is 471. The zero-order chi connectivity index (χ0) is 16.2. The summed E-state index contributed by atoms with van der Waals surface area (Å²) in [7, 11) is 0. The fourth-order valence-corrected chi connectivity index (χ4v) is 2.31. The van der Waals surface area contributed by atoms with Gasteiger partial charge in [-0.2, -0.15) is 5.10 Å². The summed E-state index contributed by atoms with van der Waals surface area (Å²) in [6.07, 6.45) is 9.79. The Morgan fingerprint density at radius 3 is 2.59 bits per heavy atom. The molecule has 0 spiro atoms. The number of hydrogen-bond acceptors (Lipinski definition) is 2. The quantitative estimate of drug-likeness (QED) is 0.364. The zero-order valence-corrected chi connectivity index (χ0v) is 13.8. The number of carbonyl (C=O) groups excluding carboxylic acids is 1. The monoisotopic (exact) mass is 326 g/mol. The van der Waals surface area contributed by atoms with Crippen molar-refractivity contribution in [2.75, 3.05) is 0 Å². The van der Waals surface area contributed by atoms with Crippen molar-refractivity contribution in [1.29, 1.82) is 0 Å². The summed E-state index contributed by atoms with van der Waals surface area (Å²) in [6, 6.07) is 4.40. The molecule has 0 unspecified atom stereocenters. The smallest absolute Gasteiger partial charge is 0.240 e. The lowest BCUT2D eigenvalue weighted by Gasteiger charge is -2.02. The van der Waals surface area contributed by atoms with Crippen LogP contribution in [0.15, 0.2) is 23.3 Å². The minimum Gasteiger partial charge on any atom is -0.273 e. The summed E-state index contributed by atoms with van der Waals surface area (Å²) in [6.45, 7) is 2.19. The Hall–Kier alpha value is -1.42. The molecule has 122 valence electrons. The summed E-state index contributed by atoms with van der Waals surface area (Å²) < 4.78 is 13.5. The predicted octanol–water partition coefficient (Wildman–Crippen LogP) is 5.07. The Kier molecular flexibility index (Phi) is 9.47. The van der Waals surface area contributed by atoms with E-state index in [-0.39, 0.29) is 16.5 Å². The van der Waals surface area contributed by atoms with Crippen LogP contribution < -0.4 is 5.43 Å². The molecule has 0 saturated carbocycles. The number of unbranched alkanes of at least 4 members (excludes halogenated alkanes) is 6. The maximum atomic E-state index is 13.5. The van der Waals surface area contributed by atoms with E-state index in [1.807, 2.05) is 0 Å². The van der Waals surface area contributed by atoms with Crippen LogP contribution in [0.25, 0.3) is 0 Å². The van der Waals surface area contributed by atoms with E-state index < -0.39 is 5.82 Å². The second-order valence-electron chi connectivity index (χ2n) is 5.30. The molecule has 1 N–H and O–H groups in total. The minimum atomic E-state index is -0.461. The molecule has 3 nitrogen and oxygen atoms in total. The molecule has 0 heterocycles. The molecule has 1 aromatic carbocycles. The molecule has 1 rings (SSSR count). The van der Waals surface area contributed by atoms with Gasteiger partial charge < -0.3 is 0 Å². The van der Waals surface area contributed by atoms with Crippen molar-refractivity contribution in [3.8, 4) is 0 Å². The van der Waals surface area contributed by atoms with Gasteiger partial charge in [-0.25, -0.2) is 9.82 Å². The average Bonchev–Trinajstić information content (AvgIpc) is 2.49. The van der Waals surface area contributed by atoms with Crippen LogP contribution in [0.5, 0.6) is 0 Å². The number of hydrazone groups is 1. The molecule has 0 bridgehead atoms. The van der Waals surface area contributed by atoms with Gasteiger partial charge in [0.15, 0.2) is 0 Å².